The average molecular weight is 299 g/mol. The Morgan fingerprint density at radius 2 is 2.27 bits per heavy atom. The molecule has 7 heteroatoms. The lowest BCUT2D eigenvalue weighted by atomic mass is 9.99. The van der Waals surface area contributed by atoms with Crippen LogP contribution in [0, 0.1) is 5.92 Å². The molecule has 0 radical (unpaired) electrons. The number of hydrogen-bond donors (Lipinski definition) is 2. The zero-order chi connectivity index (χ0) is 15.7. The molecule has 3 aromatic rings. The second-order valence-corrected chi connectivity index (χ2v) is 5.26. The Morgan fingerprint density at radius 1 is 1.45 bits per heavy atom. The Balaban J connectivity index is 1.97. The van der Waals surface area contributed by atoms with Crippen LogP contribution in [0.3, 0.4) is 0 Å². The van der Waals surface area contributed by atoms with Crippen LogP contribution in [0.5, 0.6) is 0 Å². The summed E-state index contributed by atoms with van der Waals surface area (Å²) >= 11 is 0. The van der Waals surface area contributed by atoms with Crippen LogP contribution in [0.4, 0.5) is 0 Å². The molecule has 2 N–H and O–H groups in total. The molecule has 7 nitrogen and oxygen atoms in total. The Hall–Kier alpha value is -2.70. The van der Waals surface area contributed by atoms with Gasteiger partial charge in [-0.15, -0.1) is 0 Å². The van der Waals surface area contributed by atoms with Crippen LogP contribution in [0.1, 0.15) is 26.3 Å². The number of carbonyl (C=O) groups is 1. The summed E-state index contributed by atoms with van der Waals surface area (Å²) in [6.07, 6.45) is 7.42. The highest BCUT2D eigenvalue weighted by Gasteiger charge is 2.25. The molecule has 0 saturated carbocycles. The average Bonchev–Trinajstić information content (AvgIpc) is 3.16. The van der Waals surface area contributed by atoms with E-state index in [0.717, 1.165) is 22.3 Å². The summed E-state index contributed by atoms with van der Waals surface area (Å²) in [4.78, 5) is 22.8. The van der Waals surface area contributed by atoms with Gasteiger partial charge in [0.15, 0.2) is 0 Å². The van der Waals surface area contributed by atoms with Crippen molar-refractivity contribution in [1.82, 2.24) is 24.7 Å². The van der Waals surface area contributed by atoms with Crippen molar-refractivity contribution < 1.29 is 9.90 Å². The fourth-order valence-corrected chi connectivity index (χ4v) is 2.69. The van der Waals surface area contributed by atoms with E-state index in [-0.39, 0.29) is 6.04 Å². The van der Waals surface area contributed by atoms with Gasteiger partial charge in [0.2, 0.25) is 0 Å². The van der Waals surface area contributed by atoms with Gasteiger partial charge in [-0.25, -0.2) is 9.97 Å². The summed E-state index contributed by atoms with van der Waals surface area (Å²) in [5.41, 5.74) is 2.40. The van der Waals surface area contributed by atoms with Gasteiger partial charge in [-0.1, -0.05) is 6.92 Å². The lowest BCUT2D eigenvalue weighted by molar-refractivity contribution is -0.143. The van der Waals surface area contributed by atoms with E-state index in [1.54, 1.807) is 10.9 Å². The Bertz CT molecular complexity index is 807. The number of aromatic amines is 1. The highest BCUT2D eigenvalue weighted by molar-refractivity contribution is 5.89. The minimum atomic E-state index is -0.804. The van der Waals surface area contributed by atoms with Gasteiger partial charge in [0.25, 0.3) is 0 Å². The van der Waals surface area contributed by atoms with Crippen molar-refractivity contribution in [3.8, 4) is 11.3 Å². The number of fused-ring (bicyclic) bond motifs is 1. The number of carboxylic acids is 1. The van der Waals surface area contributed by atoms with Crippen molar-refractivity contribution in [3.05, 3.63) is 31.0 Å². The molecule has 0 aliphatic rings. The Labute approximate surface area is 127 Å². The topological polar surface area (TPSA) is 96.7 Å². The van der Waals surface area contributed by atoms with E-state index < -0.39 is 11.9 Å². The largest absolute Gasteiger partial charge is 0.481 e. The number of nitrogens with zero attached hydrogens (tertiary/aromatic N) is 4. The van der Waals surface area contributed by atoms with E-state index in [4.69, 9.17) is 0 Å². The first kappa shape index (κ1) is 14.2. The molecule has 0 aliphatic heterocycles. The molecule has 22 heavy (non-hydrogen) atoms. The molecule has 0 fully saturated rings. The van der Waals surface area contributed by atoms with Crippen molar-refractivity contribution >= 4 is 17.0 Å². The van der Waals surface area contributed by atoms with Crippen molar-refractivity contribution in [2.45, 2.75) is 26.3 Å². The summed E-state index contributed by atoms with van der Waals surface area (Å²) in [5, 5.41) is 14.5. The molecule has 0 aliphatic carbocycles. The molecule has 0 saturated heterocycles. The van der Waals surface area contributed by atoms with Crippen LogP contribution in [-0.4, -0.2) is 35.8 Å². The number of aliphatic carboxylic acids is 1. The standard InChI is InChI=1S/C15H17N5O2/c1-3-11(15(21)22)9(2)20-7-10(6-19-20)13-12-4-5-16-14(12)18-8-17-13/h4-9,11H,3H2,1-2H3,(H,21,22)(H,16,17,18). The van der Waals surface area contributed by atoms with E-state index in [2.05, 4.69) is 20.1 Å². The van der Waals surface area contributed by atoms with Crippen molar-refractivity contribution in [1.29, 1.82) is 0 Å². The number of rotatable bonds is 5. The van der Waals surface area contributed by atoms with Crippen LogP contribution in [0.25, 0.3) is 22.3 Å². The fourth-order valence-electron chi connectivity index (χ4n) is 2.69. The summed E-state index contributed by atoms with van der Waals surface area (Å²) in [7, 11) is 0. The molecule has 2 unspecified atom stereocenters. The summed E-state index contributed by atoms with van der Waals surface area (Å²) < 4.78 is 1.69. The number of aromatic nitrogens is 5. The van der Waals surface area contributed by atoms with Gasteiger partial charge in [0.1, 0.15) is 12.0 Å². The third-order valence-corrected chi connectivity index (χ3v) is 3.99. The number of nitrogens with one attached hydrogen (secondary N) is 1. The second kappa shape index (κ2) is 5.59. The first-order valence-electron chi connectivity index (χ1n) is 7.17. The Kier molecular flexibility index (Phi) is 3.62. The molecule has 2 atom stereocenters. The SMILES string of the molecule is CCC(C(=O)O)C(C)n1cc(-c2ncnc3[nH]ccc23)cn1. The molecule has 114 valence electrons. The van der Waals surface area contributed by atoms with Gasteiger partial charge >= 0.3 is 5.97 Å². The normalized spacial score (nSPS) is 14.1. The highest BCUT2D eigenvalue weighted by Crippen LogP contribution is 2.27. The number of carboxylic acid groups (broad SMARTS) is 1. The van der Waals surface area contributed by atoms with Gasteiger partial charge in [-0.05, 0) is 19.4 Å². The van der Waals surface area contributed by atoms with E-state index in [1.807, 2.05) is 32.3 Å². The predicted molar refractivity (Wildman–Crippen MR) is 81.2 cm³/mol. The third kappa shape index (κ3) is 2.34. The summed E-state index contributed by atoms with van der Waals surface area (Å²) in [6, 6.07) is 1.69. The Morgan fingerprint density at radius 3 is 3.00 bits per heavy atom. The van der Waals surface area contributed by atoms with Crippen LogP contribution in [0.2, 0.25) is 0 Å². The number of hydrogen-bond acceptors (Lipinski definition) is 4. The van der Waals surface area contributed by atoms with E-state index in [9.17, 15) is 9.90 Å². The van der Waals surface area contributed by atoms with Gasteiger partial charge in [0.05, 0.1) is 23.9 Å². The highest BCUT2D eigenvalue weighted by atomic mass is 16.4. The van der Waals surface area contributed by atoms with E-state index >= 15 is 0 Å². The van der Waals surface area contributed by atoms with Gasteiger partial charge in [-0.3, -0.25) is 9.48 Å². The lowest BCUT2D eigenvalue weighted by Gasteiger charge is -2.18. The molecule has 3 rings (SSSR count). The quantitative estimate of drug-likeness (QED) is 0.754. The van der Waals surface area contributed by atoms with Gasteiger partial charge in [-0.2, -0.15) is 5.10 Å². The van der Waals surface area contributed by atoms with Crippen LogP contribution in [-0.2, 0) is 4.79 Å². The van der Waals surface area contributed by atoms with Crippen LogP contribution >= 0.6 is 0 Å². The van der Waals surface area contributed by atoms with Crippen molar-refractivity contribution in [3.63, 3.8) is 0 Å². The van der Waals surface area contributed by atoms with Crippen LogP contribution < -0.4 is 0 Å². The minimum Gasteiger partial charge on any atom is -0.481 e. The first-order valence-corrected chi connectivity index (χ1v) is 7.17. The second-order valence-electron chi connectivity index (χ2n) is 5.26. The van der Waals surface area contributed by atoms with Crippen LogP contribution in [0.15, 0.2) is 31.0 Å². The minimum absolute atomic E-state index is 0.222. The molecule has 0 amide bonds. The maximum atomic E-state index is 11.3. The molecule has 3 heterocycles. The predicted octanol–water partition coefficient (Wildman–Crippen LogP) is 2.49. The molecular weight excluding hydrogens is 282 g/mol. The number of H-pyrrole nitrogens is 1. The van der Waals surface area contributed by atoms with Crippen molar-refractivity contribution in [2.24, 2.45) is 5.92 Å². The van der Waals surface area contributed by atoms with E-state index in [1.165, 1.54) is 6.33 Å². The zero-order valence-electron chi connectivity index (χ0n) is 12.4. The molecular formula is C15H17N5O2. The summed E-state index contributed by atoms with van der Waals surface area (Å²) in [5.74, 6) is -1.27. The van der Waals surface area contributed by atoms with Gasteiger partial charge in [0, 0.05) is 23.3 Å². The first-order chi connectivity index (χ1) is 10.6. The maximum absolute atomic E-state index is 11.3. The monoisotopic (exact) mass is 299 g/mol. The maximum Gasteiger partial charge on any atom is 0.308 e. The lowest BCUT2D eigenvalue weighted by Crippen LogP contribution is -2.24. The summed E-state index contributed by atoms with van der Waals surface area (Å²) in [6.45, 7) is 3.73. The molecule has 0 spiro atoms. The molecule has 0 aromatic carbocycles. The smallest absolute Gasteiger partial charge is 0.308 e. The molecule has 0 bridgehead atoms. The molecule has 3 aromatic heterocycles. The van der Waals surface area contributed by atoms with Gasteiger partial charge < -0.3 is 10.1 Å². The zero-order valence-corrected chi connectivity index (χ0v) is 12.4. The fraction of sp³-hybridized carbons (Fsp3) is 0.333. The van der Waals surface area contributed by atoms with Crippen molar-refractivity contribution in [2.75, 3.05) is 0 Å². The third-order valence-electron chi connectivity index (χ3n) is 3.99. The van der Waals surface area contributed by atoms with E-state index in [0.29, 0.717) is 6.42 Å².